The number of aryl methyl sites for hydroxylation is 2. The number of fused-ring (bicyclic) bond motifs is 2. The number of rotatable bonds is 5. The van der Waals surface area contributed by atoms with Gasteiger partial charge in [0.1, 0.15) is 10.6 Å². The molecule has 0 fully saturated rings. The Labute approximate surface area is 218 Å². The van der Waals surface area contributed by atoms with Crippen molar-refractivity contribution in [2.45, 2.75) is 16.7 Å². The predicted molar refractivity (Wildman–Crippen MR) is 144 cm³/mol. The highest BCUT2D eigenvalue weighted by atomic mass is 32.2. The Morgan fingerprint density at radius 1 is 0.895 bits per heavy atom. The molecule has 188 valence electrons. The molecule has 0 spiro atoms. The number of nitrogens with zero attached hydrogens (tertiary/aromatic N) is 7. The van der Waals surface area contributed by atoms with Crippen molar-refractivity contribution in [2.24, 2.45) is 17.3 Å². The molecule has 0 amide bonds. The summed E-state index contributed by atoms with van der Waals surface area (Å²) in [7, 11) is -2.18. The summed E-state index contributed by atoms with van der Waals surface area (Å²) in [5, 5.41) is 13.1. The fourth-order valence-corrected chi connectivity index (χ4v) is 5.67. The molecule has 0 aliphatic rings. The van der Waals surface area contributed by atoms with Gasteiger partial charge in [0, 0.05) is 7.05 Å². The third kappa shape index (κ3) is 3.80. The average Bonchev–Trinajstić information content (AvgIpc) is 3.44. The number of imidazole rings is 1. The first kappa shape index (κ1) is 23.5. The summed E-state index contributed by atoms with van der Waals surface area (Å²) in [6, 6.07) is 23.2. The summed E-state index contributed by atoms with van der Waals surface area (Å²) >= 11 is 0. The zero-order valence-electron chi connectivity index (χ0n) is 20.5. The smallest absolute Gasteiger partial charge is 0.210 e. The topological polar surface area (TPSA) is 133 Å². The van der Waals surface area contributed by atoms with Crippen LogP contribution in [0, 0.1) is 6.92 Å². The van der Waals surface area contributed by atoms with Crippen LogP contribution in [0.2, 0.25) is 0 Å². The van der Waals surface area contributed by atoms with Gasteiger partial charge in [0.05, 0.1) is 27.8 Å². The van der Waals surface area contributed by atoms with Crippen LogP contribution < -0.4 is 5.73 Å². The van der Waals surface area contributed by atoms with E-state index in [2.05, 4.69) is 20.3 Å². The second kappa shape index (κ2) is 8.89. The van der Waals surface area contributed by atoms with Gasteiger partial charge in [0.25, 0.3) is 0 Å². The molecule has 6 aromatic rings. The van der Waals surface area contributed by atoms with Gasteiger partial charge < -0.3 is 10.3 Å². The number of hydrogen-bond donors (Lipinski definition) is 1. The van der Waals surface area contributed by atoms with Gasteiger partial charge in [-0.15, -0.1) is 10.2 Å². The molecule has 0 radical (unpaired) electrons. The Morgan fingerprint density at radius 3 is 2.34 bits per heavy atom. The molecule has 3 aromatic carbocycles. The van der Waals surface area contributed by atoms with Crippen molar-refractivity contribution in [2.75, 3.05) is 5.73 Å². The molecule has 6 rings (SSSR count). The van der Waals surface area contributed by atoms with Crippen molar-refractivity contribution in [3.8, 4) is 11.5 Å². The summed E-state index contributed by atoms with van der Waals surface area (Å²) in [6.07, 6.45) is 1.30. The van der Waals surface area contributed by atoms with Crippen molar-refractivity contribution < 1.29 is 8.42 Å². The van der Waals surface area contributed by atoms with E-state index in [1.54, 1.807) is 18.2 Å². The van der Waals surface area contributed by atoms with Crippen LogP contribution in [-0.4, -0.2) is 32.6 Å². The Kier molecular flexibility index (Phi) is 5.50. The van der Waals surface area contributed by atoms with Gasteiger partial charge in [-0.05, 0) is 43.3 Å². The van der Waals surface area contributed by atoms with Crippen LogP contribution in [0.15, 0.2) is 105 Å². The fourth-order valence-electron chi connectivity index (χ4n) is 4.27. The van der Waals surface area contributed by atoms with Crippen LogP contribution in [0.3, 0.4) is 0 Å². The normalized spacial score (nSPS) is 12.2. The highest BCUT2D eigenvalue weighted by molar-refractivity contribution is 7.91. The van der Waals surface area contributed by atoms with E-state index >= 15 is 0 Å². The maximum atomic E-state index is 13.8. The predicted octanol–water partition coefficient (Wildman–Crippen LogP) is 5.42. The molecule has 0 bridgehead atoms. The molecule has 0 unspecified atom stereocenters. The third-order valence-corrected chi connectivity index (χ3v) is 8.02. The SMILES string of the molecule is Cc1ccc(N=Nc2c(N)nn3c(-c4nc5ccccc5n4C)c(S(=O)(=O)c4ccccc4)cnc23)cc1. The van der Waals surface area contributed by atoms with E-state index in [1.165, 1.54) is 22.8 Å². The van der Waals surface area contributed by atoms with Gasteiger partial charge in [0.15, 0.2) is 23.0 Å². The van der Waals surface area contributed by atoms with Crippen molar-refractivity contribution >= 4 is 43.7 Å². The summed E-state index contributed by atoms with van der Waals surface area (Å²) in [4.78, 5) is 9.27. The van der Waals surface area contributed by atoms with Crippen molar-refractivity contribution in [1.29, 1.82) is 0 Å². The second-order valence-corrected chi connectivity index (χ2v) is 10.7. The fraction of sp³-hybridized carbons (Fsp3) is 0.0741. The number of sulfone groups is 1. The van der Waals surface area contributed by atoms with E-state index in [0.717, 1.165) is 11.1 Å². The summed E-state index contributed by atoms with van der Waals surface area (Å²) < 4.78 is 30.9. The van der Waals surface area contributed by atoms with Crippen LogP contribution in [0.5, 0.6) is 0 Å². The maximum absolute atomic E-state index is 13.8. The molecule has 0 aliphatic heterocycles. The van der Waals surface area contributed by atoms with Gasteiger partial charge >= 0.3 is 0 Å². The molecule has 10 nitrogen and oxygen atoms in total. The first-order valence-corrected chi connectivity index (χ1v) is 13.2. The molecule has 0 atom stereocenters. The maximum Gasteiger partial charge on any atom is 0.210 e. The number of nitrogens with two attached hydrogens (primary N) is 1. The summed E-state index contributed by atoms with van der Waals surface area (Å²) in [5.74, 6) is 0.445. The first-order valence-electron chi connectivity index (χ1n) is 11.7. The number of hydrogen-bond acceptors (Lipinski definition) is 8. The molecule has 3 heterocycles. The van der Waals surface area contributed by atoms with Crippen molar-refractivity contribution in [3.05, 3.63) is 90.6 Å². The Bertz CT molecular complexity index is 1960. The number of aromatic nitrogens is 5. The van der Waals surface area contributed by atoms with E-state index in [1.807, 2.05) is 67.1 Å². The van der Waals surface area contributed by atoms with Gasteiger partial charge in [0.2, 0.25) is 9.84 Å². The van der Waals surface area contributed by atoms with Crippen molar-refractivity contribution in [1.82, 2.24) is 24.1 Å². The molecule has 0 saturated carbocycles. The highest BCUT2D eigenvalue weighted by Gasteiger charge is 2.29. The molecule has 0 aliphatic carbocycles. The first-order chi connectivity index (χ1) is 18.3. The van der Waals surface area contributed by atoms with E-state index in [4.69, 9.17) is 10.7 Å². The largest absolute Gasteiger partial charge is 0.380 e. The Morgan fingerprint density at radius 2 is 1.61 bits per heavy atom. The minimum absolute atomic E-state index is 0.0564. The lowest BCUT2D eigenvalue weighted by atomic mass is 10.2. The number of nitrogen functional groups attached to an aromatic ring is 1. The Hall–Kier alpha value is -4.90. The molecule has 0 saturated heterocycles. The molecular weight excluding hydrogens is 500 g/mol. The van der Waals surface area contributed by atoms with Gasteiger partial charge in [-0.2, -0.15) is 5.11 Å². The van der Waals surface area contributed by atoms with E-state index in [0.29, 0.717) is 17.0 Å². The van der Waals surface area contributed by atoms with Crippen LogP contribution in [0.1, 0.15) is 5.56 Å². The van der Waals surface area contributed by atoms with Gasteiger partial charge in [-0.1, -0.05) is 48.0 Å². The van der Waals surface area contributed by atoms with E-state index in [-0.39, 0.29) is 32.6 Å². The lowest BCUT2D eigenvalue weighted by Gasteiger charge is -2.12. The summed E-state index contributed by atoms with van der Waals surface area (Å²) in [5.41, 5.74) is 10.2. The van der Waals surface area contributed by atoms with Crippen LogP contribution in [-0.2, 0) is 16.9 Å². The minimum Gasteiger partial charge on any atom is -0.380 e. The monoisotopic (exact) mass is 522 g/mol. The molecule has 3 aromatic heterocycles. The number of anilines is 1. The minimum atomic E-state index is -4.00. The molecule has 11 heteroatoms. The number of para-hydroxylation sites is 2. The molecular formula is C27H22N8O2S. The number of azo groups is 1. The Balaban J connectivity index is 1.63. The molecule has 38 heavy (non-hydrogen) atoms. The zero-order valence-corrected chi connectivity index (χ0v) is 21.3. The lowest BCUT2D eigenvalue weighted by molar-refractivity contribution is 0.595. The van der Waals surface area contributed by atoms with Crippen LogP contribution in [0.25, 0.3) is 28.2 Å². The van der Waals surface area contributed by atoms with Crippen LogP contribution in [0.4, 0.5) is 17.2 Å². The van der Waals surface area contributed by atoms with E-state index < -0.39 is 9.84 Å². The van der Waals surface area contributed by atoms with E-state index in [9.17, 15) is 8.42 Å². The lowest BCUT2D eigenvalue weighted by Crippen LogP contribution is -2.11. The van der Waals surface area contributed by atoms with Crippen LogP contribution >= 0.6 is 0 Å². The third-order valence-electron chi connectivity index (χ3n) is 6.25. The zero-order chi connectivity index (χ0) is 26.4. The quantitative estimate of drug-likeness (QED) is 0.301. The number of benzene rings is 3. The average molecular weight is 523 g/mol. The summed E-state index contributed by atoms with van der Waals surface area (Å²) in [6.45, 7) is 1.98. The molecule has 2 N–H and O–H groups in total. The standard InChI is InChI=1S/C27H22N8O2S/c1-17-12-14-18(15-13-17)31-32-23-25(28)33-35-24(27-30-20-10-6-7-11-21(20)34(27)2)22(16-29-26(23)35)38(36,37)19-8-4-3-5-9-19/h3-16H,1-2H3,(H2,28,33). The van der Waals surface area contributed by atoms with Crippen molar-refractivity contribution in [3.63, 3.8) is 0 Å². The highest BCUT2D eigenvalue weighted by Crippen LogP contribution is 2.36. The van der Waals surface area contributed by atoms with Gasteiger partial charge in [-0.25, -0.2) is 22.9 Å². The second-order valence-electron chi connectivity index (χ2n) is 8.78. The van der Waals surface area contributed by atoms with Gasteiger partial charge in [-0.3, -0.25) is 0 Å².